The maximum Gasteiger partial charge on any atom is 0.224 e. The zero-order valence-corrected chi connectivity index (χ0v) is 16.6. The lowest BCUT2D eigenvalue weighted by Gasteiger charge is -2.22. The molecule has 1 amide bonds. The molecule has 0 unspecified atom stereocenters. The Labute approximate surface area is 175 Å². The summed E-state index contributed by atoms with van der Waals surface area (Å²) in [4.78, 5) is 16.7. The monoisotopic (exact) mass is 430 g/mol. The second-order valence-electron chi connectivity index (χ2n) is 7.41. The summed E-state index contributed by atoms with van der Waals surface area (Å²) in [6.45, 7) is 0.688. The first-order chi connectivity index (χ1) is 15.0. The molecule has 2 aliphatic rings. The van der Waals surface area contributed by atoms with Crippen molar-refractivity contribution in [2.75, 3.05) is 36.2 Å². The van der Waals surface area contributed by atoms with E-state index in [1.54, 1.807) is 13.1 Å². The van der Waals surface area contributed by atoms with Crippen molar-refractivity contribution in [1.82, 2.24) is 14.6 Å². The van der Waals surface area contributed by atoms with Gasteiger partial charge in [0.25, 0.3) is 0 Å². The van der Waals surface area contributed by atoms with Gasteiger partial charge in [0, 0.05) is 25.5 Å². The lowest BCUT2D eigenvalue weighted by atomic mass is 10.2. The van der Waals surface area contributed by atoms with Crippen molar-refractivity contribution in [3.8, 4) is 11.5 Å². The van der Waals surface area contributed by atoms with Crippen LogP contribution < -0.4 is 25.4 Å². The number of hydrogen-bond donors (Lipinski definition) is 3. The van der Waals surface area contributed by atoms with Crippen LogP contribution in [-0.4, -0.2) is 46.9 Å². The number of nitrogens with one attached hydrogen (secondary N) is 3. The SMILES string of the molecule is CNc1cc(Nc2c(F)ccc3c2OCCO3)nc2c(NC(=O)C[C@@H]3C[C@@H]3F)cnn12. The van der Waals surface area contributed by atoms with E-state index in [1.807, 2.05) is 0 Å². The quantitative estimate of drug-likeness (QED) is 0.552. The molecule has 5 rings (SSSR count). The maximum atomic E-state index is 14.6. The van der Waals surface area contributed by atoms with E-state index >= 15 is 0 Å². The molecule has 31 heavy (non-hydrogen) atoms. The molecule has 2 atom stereocenters. The number of aromatic nitrogens is 3. The standard InChI is InChI=1S/C20H20F2N6O3/c1-23-16-8-15(26-18-11(21)2-3-14-19(18)31-5-4-30-14)27-20-13(9-24-28(16)20)25-17(29)7-10-6-12(10)22/h2-3,8-10,12,23H,4-7H2,1H3,(H,25,29)(H,26,27)/t10-,12-/m0/s1. The predicted octanol–water partition coefficient (Wildman–Crippen LogP) is 3.11. The third-order valence-corrected chi connectivity index (χ3v) is 5.20. The van der Waals surface area contributed by atoms with Crippen LogP contribution in [0.3, 0.4) is 0 Å². The van der Waals surface area contributed by atoms with Crippen LogP contribution in [-0.2, 0) is 4.79 Å². The third-order valence-electron chi connectivity index (χ3n) is 5.20. The molecule has 3 heterocycles. The number of nitrogens with zero attached hydrogens (tertiary/aromatic N) is 3. The number of hydrogen-bond acceptors (Lipinski definition) is 7. The van der Waals surface area contributed by atoms with E-state index in [1.165, 1.54) is 22.8 Å². The molecule has 162 valence electrons. The van der Waals surface area contributed by atoms with Crippen molar-refractivity contribution >= 4 is 34.6 Å². The van der Waals surface area contributed by atoms with E-state index < -0.39 is 12.0 Å². The minimum atomic E-state index is -0.905. The summed E-state index contributed by atoms with van der Waals surface area (Å²) in [6.07, 6.45) is 1.08. The zero-order valence-electron chi connectivity index (χ0n) is 16.6. The van der Waals surface area contributed by atoms with E-state index in [2.05, 4.69) is 26.0 Å². The van der Waals surface area contributed by atoms with Gasteiger partial charge < -0.3 is 25.4 Å². The van der Waals surface area contributed by atoms with Crippen molar-refractivity contribution in [1.29, 1.82) is 0 Å². The summed E-state index contributed by atoms with van der Waals surface area (Å²) in [7, 11) is 1.70. The van der Waals surface area contributed by atoms with Gasteiger partial charge in [-0.1, -0.05) is 0 Å². The minimum Gasteiger partial charge on any atom is -0.486 e. The van der Waals surface area contributed by atoms with Gasteiger partial charge in [-0.3, -0.25) is 4.79 Å². The summed E-state index contributed by atoms with van der Waals surface area (Å²) in [5.41, 5.74) is 0.818. The van der Waals surface area contributed by atoms with Crippen LogP contribution in [0.5, 0.6) is 11.5 Å². The largest absolute Gasteiger partial charge is 0.486 e. The lowest BCUT2D eigenvalue weighted by Crippen LogP contribution is -2.17. The Morgan fingerprint density at radius 1 is 1.32 bits per heavy atom. The molecule has 1 fully saturated rings. The fraction of sp³-hybridized carbons (Fsp3) is 0.350. The van der Waals surface area contributed by atoms with E-state index in [9.17, 15) is 13.6 Å². The van der Waals surface area contributed by atoms with Crippen molar-refractivity contribution in [2.24, 2.45) is 5.92 Å². The number of amides is 1. The summed E-state index contributed by atoms with van der Waals surface area (Å²) < 4.78 is 40.3. The topological polar surface area (TPSA) is 102 Å². The molecule has 9 nitrogen and oxygen atoms in total. The number of ether oxygens (including phenoxy) is 2. The Kier molecular flexibility index (Phi) is 4.72. The average molecular weight is 430 g/mol. The Morgan fingerprint density at radius 2 is 2.13 bits per heavy atom. The zero-order chi connectivity index (χ0) is 21.5. The third kappa shape index (κ3) is 3.66. The van der Waals surface area contributed by atoms with Crippen molar-refractivity contribution in [2.45, 2.75) is 19.0 Å². The van der Waals surface area contributed by atoms with Gasteiger partial charge in [0.1, 0.15) is 42.4 Å². The molecule has 1 aliphatic carbocycles. The first-order valence-electron chi connectivity index (χ1n) is 9.89. The molecular formula is C20H20F2N6O3. The van der Waals surface area contributed by atoms with Crippen LogP contribution in [0.4, 0.5) is 31.8 Å². The highest BCUT2D eigenvalue weighted by molar-refractivity contribution is 5.95. The van der Waals surface area contributed by atoms with Crippen LogP contribution in [0.15, 0.2) is 24.4 Å². The van der Waals surface area contributed by atoms with Crippen LogP contribution in [0.2, 0.25) is 0 Å². The van der Waals surface area contributed by atoms with Gasteiger partial charge >= 0.3 is 0 Å². The summed E-state index contributed by atoms with van der Waals surface area (Å²) in [6, 6.07) is 4.44. The van der Waals surface area contributed by atoms with Crippen molar-refractivity contribution in [3.05, 3.63) is 30.2 Å². The first-order valence-corrected chi connectivity index (χ1v) is 9.89. The fourth-order valence-electron chi connectivity index (χ4n) is 3.49. The number of anilines is 4. The molecule has 1 aliphatic heterocycles. The highest BCUT2D eigenvalue weighted by atomic mass is 19.1. The molecule has 1 saturated carbocycles. The van der Waals surface area contributed by atoms with E-state index in [-0.39, 0.29) is 29.7 Å². The molecule has 0 spiro atoms. The Bertz CT molecular complexity index is 1170. The molecule has 1 aromatic carbocycles. The van der Waals surface area contributed by atoms with Gasteiger partial charge in [-0.05, 0) is 18.6 Å². The van der Waals surface area contributed by atoms with Crippen molar-refractivity contribution in [3.63, 3.8) is 0 Å². The summed E-state index contributed by atoms with van der Waals surface area (Å²) >= 11 is 0. The molecule has 2 aromatic heterocycles. The number of halogens is 2. The lowest BCUT2D eigenvalue weighted by molar-refractivity contribution is -0.116. The highest BCUT2D eigenvalue weighted by Crippen LogP contribution is 2.41. The van der Waals surface area contributed by atoms with E-state index in [0.29, 0.717) is 48.4 Å². The van der Waals surface area contributed by atoms with E-state index in [4.69, 9.17) is 9.47 Å². The van der Waals surface area contributed by atoms with Crippen LogP contribution >= 0.6 is 0 Å². The van der Waals surface area contributed by atoms with Gasteiger partial charge in [0.15, 0.2) is 23.0 Å². The summed E-state index contributed by atoms with van der Waals surface area (Å²) in [5.74, 6) is 0.514. The minimum absolute atomic E-state index is 0.101. The second-order valence-corrected chi connectivity index (χ2v) is 7.41. The van der Waals surface area contributed by atoms with Crippen molar-refractivity contribution < 1.29 is 23.0 Å². The molecule has 11 heteroatoms. The molecule has 0 bridgehead atoms. The number of alkyl halides is 1. The van der Waals surface area contributed by atoms with Gasteiger partial charge in [0.05, 0.1) is 6.20 Å². The average Bonchev–Trinajstić information content (AvgIpc) is 3.31. The smallest absolute Gasteiger partial charge is 0.224 e. The first kappa shape index (κ1) is 19.3. The number of rotatable bonds is 6. The second kappa shape index (κ2) is 7.56. The number of carbonyl (C=O) groups excluding carboxylic acids is 1. The Morgan fingerprint density at radius 3 is 2.90 bits per heavy atom. The van der Waals surface area contributed by atoms with E-state index in [0.717, 1.165) is 0 Å². The fourth-order valence-corrected chi connectivity index (χ4v) is 3.49. The Hall–Kier alpha value is -3.63. The van der Waals surface area contributed by atoms with Gasteiger partial charge in [-0.2, -0.15) is 9.61 Å². The maximum absolute atomic E-state index is 14.6. The molecule has 3 aromatic rings. The number of benzene rings is 1. The van der Waals surface area contributed by atoms with Crippen LogP contribution in [0, 0.1) is 11.7 Å². The summed E-state index contributed by atoms with van der Waals surface area (Å²) in [5, 5.41) is 12.9. The molecular weight excluding hydrogens is 410 g/mol. The highest BCUT2D eigenvalue weighted by Gasteiger charge is 2.38. The normalized spacial score (nSPS) is 19.2. The van der Waals surface area contributed by atoms with Gasteiger partial charge in [0.2, 0.25) is 5.91 Å². The Balaban J connectivity index is 1.48. The predicted molar refractivity (Wildman–Crippen MR) is 109 cm³/mol. The number of carbonyl (C=O) groups is 1. The number of fused-ring (bicyclic) bond motifs is 2. The molecule has 3 N–H and O–H groups in total. The molecule has 0 saturated heterocycles. The van der Waals surface area contributed by atoms with Gasteiger partial charge in [-0.15, -0.1) is 0 Å². The van der Waals surface area contributed by atoms with Gasteiger partial charge in [-0.25, -0.2) is 13.8 Å². The van der Waals surface area contributed by atoms with Crippen LogP contribution in [0.1, 0.15) is 12.8 Å². The molecule has 0 radical (unpaired) electrons. The van der Waals surface area contributed by atoms with Crippen LogP contribution in [0.25, 0.3) is 5.65 Å².